The molecule has 2 heterocycles. The van der Waals surface area contributed by atoms with Crippen LogP contribution in [0.25, 0.3) is 22.7 Å². The monoisotopic (exact) mass is 417 g/mol. The number of hydrogen-bond acceptors (Lipinski definition) is 7. The van der Waals surface area contributed by atoms with Crippen molar-refractivity contribution in [2.24, 2.45) is 0 Å². The Morgan fingerprint density at radius 1 is 1.00 bits per heavy atom. The lowest BCUT2D eigenvalue weighted by molar-refractivity contribution is -0.145. The van der Waals surface area contributed by atoms with Gasteiger partial charge in [0.25, 0.3) is 5.89 Å². The van der Waals surface area contributed by atoms with Gasteiger partial charge in [-0.1, -0.05) is 73.6 Å². The second-order valence-electron chi connectivity index (χ2n) is 7.43. The molecule has 2 aromatic carbocycles. The first-order valence-corrected chi connectivity index (χ1v) is 10.2. The first-order chi connectivity index (χ1) is 15.1. The average molecular weight is 417 g/mol. The van der Waals surface area contributed by atoms with E-state index in [1.165, 1.54) is 5.56 Å². The molecule has 0 radical (unpaired) electrons. The minimum absolute atomic E-state index is 0.0727. The molecule has 4 rings (SSSR count). The van der Waals surface area contributed by atoms with E-state index < -0.39 is 0 Å². The maximum atomic E-state index is 12.1. The third-order valence-corrected chi connectivity index (χ3v) is 4.82. The van der Waals surface area contributed by atoms with E-state index in [0.29, 0.717) is 29.8 Å². The first-order valence-electron chi connectivity index (χ1n) is 10.2. The van der Waals surface area contributed by atoms with Gasteiger partial charge in [-0.25, -0.2) is 4.98 Å². The Hall–Kier alpha value is -3.74. The number of hydrogen-bond donors (Lipinski definition) is 0. The van der Waals surface area contributed by atoms with Gasteiger partial charge in [-0.2, -0.15) is 4.98 Å². The highest BCUT2D eigenvalue weighted by Crippen LogP contribution is 2.22. The second-order valence-corrected chi connectivity index (χ2v) is 7.43. The van der Waals surface area contributed by atoms with E-state index >= 15 is 0 Å². The largest absolute Gasteiger partial charge is 0.456 e. The number of carbonyl (C=O) groups is 1. The highest BCUT2D eigenvalue weighted by molar-refractivity contribution is 5.69. The van der Waals surface area contributed by atoms with Crippen LogP contribution in [-0.2, 0) is 22.6 Å². The number of rotatable bonds is 8. The zero-order chi connectivity index (χ0) is 21.6. The maximum Gasteiger partial charge on any atom is 0.306 e. The molecule has 0 bridgehead atoms. The number of esters is 1. The number of aromatic nitrogens is 3. The summed E-state index contributed by atoms with van der Waals surface area (Å²) in [5, 5.41) is 3.96. The van der Waals surface area contributed by atoms with Gasteiger partial charge in [-0.3, -0.25) is 4.79 Å². The Kier molecular flexibility index (Phi) is 6.21. The summed E-state index contributed by atoms with van der Waals surface area (Å²) in [7, 11) is 0. The topological polar surface area (TPSA) is 91.2 Å². The number of oxazole rings is 1. The molecule has 2 aromatic heterocycles. The molecule has 0 aliphatic heterocycles. The quantitative estimate of drug-likeness (QED) is 0.364. The van der Waals surface area contributed by atoms with E-state index in [9.17, 15) is 4.79 Å². The van der Waals surface area contributed by atoms with Gasteiger partial charge in [0.2, 0.25) is 5.82 Å². The van der Waals surface area contributed by atoms with Gasteiger partial charge in [0.05, 0.1) is 12.6 Å². The molecule has 31 heavy (non-hydrogen) atoms. The zero-order valence-corrected chi connectivity index (χ0v) is 17.4. The van der Waals surface area contributed by atoms with Gasteiger partial charge in [0.15, 0.2) is 18.3 Å². The van der Waals surface area contributed by atoms with Crippen molar-refractivity contribution in [2.45, 2.75) is 39.2 Å². The molecule has 0 fully saturated rings. The fraction of sp³-hybridized carbons (Fsp3) is 0.250. The van der Waals surface area contributed by atoms with Crippen LogP contribution in [0.15, 0.2) is 69.7 Å². The van der Waals surface area contributed by atoms with Crippen LogP contribution in [0.4, 0.5) is 0 Å². The van der Waals surface area contributed by atoms with Crippen LogP contribution in [0.5, 0.6) is 0 Å². The van der Waals surface area contributed by atoms with Gasteiger partial charge in [0, 0.05) is 17.5 Å². The van der Waals surface area contributed by atoms with E-state index in [-0.39, 0.29) is 24.9 Å². The lowest BCUT2D eigenvalue weighted by Gasteiger charge is -2.04. The van der Waals surface area contributed by atoms with Crippen LogP contribution >= 0.6 is 0 Å². The van der Waals surface area contributed by atoms with E-state index in [1.807, 2.05) is 54.6 Å². The lowest BCUT2D eigenvalue weighted by Crippen LogP contribution is -2.06. The molecule has 0 saturated carbocycles. The summed E-state index contributed by atoms with van der Waals surface area (Å²) in [6.45, 7) is 4.21. The number of nitrogens with zero attached hydrogens (tertiary/aromatic N) is 3. The lowest BCUT2D eigenvalue weighted by atomic mass is 10.0. The zero-order valence-electron chi connectivity index (χ0n) is 17.4. The van der Waals surface area contributed by atoms with Crippen molar-refractivity contribution in [1.82, 2.24) is 15.1 Å². The maximum absolute atomic E-state index is 12.1. The number of ether oxygens (including phenoxy) is 1. The van der Waals surface area contributed by atoms with Gasteiger partial charge in [-0.05, 0) is 11.5 Å². The van der Waals surface area contributed by atoms with Crippen LogP contribution in [0.3, 0.4) is 0 Å². The minimum atomic E-state index is -0.388. The molecular formula is C24H23N3O4. The highest BCUT2D eigenvalue weighted by Gasteiger charge is 2.13. The molecule has 0 aliphatic carbocycles. The average Bonchev–Trinajstić information content (AvgIpc) is 3.47. The van der Waals surface area contributed by atoms with Crippen molar-refractivity contribution in [2.75, 3.05) is 0 Å². The molecule has 0 atom stereocenters. The molecule has 0 N–H and O–H groups in total. The molecule has 7 heteroatoms. The Morgan fingerprint density at radius 3 is 2.52 bits per heavy atom. The summed E-state index contributed by atoms with van der Waals surface area (Å²) < 4.78 is 16.1. The van der Waals surface area contributed by atoms with Crippen LogP contribution in [0.2, 0.25) is 0 Å². The molecule has 0 aliphatic rings. The van der Waals surface area contributed by atoms with Crippen molar-refractivity contribution in [3.05, 3.63) is 78.1 Å². The van der Waals surface area contributed by atoms with Crippen LogP contribution in [0.1, 0.15) is 43.5 Å². The number of benzene rings is 2. The minimum Gasteiger partial charge on any atom is -0.456 e. The summed E-state index contributed by atoms with van der Waals surface area (Å²) in [5.74, 6) is 1.94. The molecule has 158 valence electrons. The van der Waals surface area contributed by atoms with Crippen molar-refractivity contribution in [3.8, 4) is 22.7 Å². The van der Waals surface area contributed by atoms with Crippen molar-refractivity contribution in [1.29, 1.82) is 0 Å². The fourth-order valence-electron chi connectivity index (χ4n) is 3.03. The molecule has 0 spiro atoms. The van der Waals surface area contributed by atoms with Gasteiger partial charge < -0.3 is 13.7 Å². The molecule has 4 aromatic rings. The molecule has 7 nitrogen and oxygen atoms in total. The summed E-state index contributed by atoms with van der Waals surface area (Å²) in [4.78, 5) is 20.6. The summed E-state index contributed by atoms with van der Waals surface area (Å²) in [6, 6.07) is 17.7. The third kappa shape index (κ3) is 5.25. The normalized spacial score (nSPS) is 11.1. The van der Waals surface area contributed by atoms with Crippen LogP contribution in [0, 0.1) is 0 Å². The summed E-state index contributed by atoms with van der Waals surface area (Å²) in [5.41, 5.74) is 3.03. The van der Waals surface area contributed by atoms with E-state index in [1.54, 1.807) is 6.20 Å². The molecule has 0 saturated heterocycles. The Labute approximate surface area is 180 Å². The molecule has 0 amide bonds. The first kappa shape index (κ1) is 20.5. The SMILES string of the molecule is CC(C)c1ccc(-c2noc(COC(=O)CCc3ncc(-c4ccccc4)o3)n2)cc1. The van der Waals surface area contributed by atoms with E-state index in [2.05, 4.69) is 29.0 Å². The van der Waals surface area contributed by atoms with E-state index in [0.717, 1.165) is 11.1 Å². The second kappa shape index (κ2) is 9.38. The summed E-state index contributed by atoms with van der Waals surface area (Å²) in [6.07, 6.45) is 2.15. The van der Waals surface area contributed by atoms with E-state index in [4.69, 9.17) is 13.7 Å². The van der Waals surface area contributed by atoms with Gasteiger partial charge in [-0.15, -0.1) is 0 Å². The van der Waals surface area contributed by atoms with Crippen LogP contribution in [-0.4, -0.2) is 21.1 Å². The van der Waals surface area contributed by atoms with Crippen molar-refractivity contribution < 1.29 is 18.5 Å². The smallest absolute Gasteiger partial charge is 0.306 e. The van der Waals surface area contributed by atoms with Crippen LogP contribution < -0.4 is 0 Å². The third-order valence-electron chi connectivity index (χ3n) is 4.82. The standard InChI is InChI=1S/C24H23N3O4/c1-16(2)17-8-10-19(11-9-17)24-26-22(31-27-24)15-29-23(28)13-12-21-25-14-20(30-21)18-6-4-3-5-7-18/h3-11,14,16H,12-13,15H2,1-2H3. The Morgan fingerprint density at radius 2 is 1.77 bits per heavy atom. The Balaban J connectivity index is 1.26. The predicted octanol–water partition coefficient (Wildman–Crippen LogP) is 5.19. The van der Waals surface area contributed by atoms with Crippen molar-refractivity contribution >= 4 is 5.97 Å². The van der Waals surface area contributed by atoms with Crippen molar-refractivity contribution in [3.63, 3.8) is 0 Å². The highest BCUT2D eigenvalue weighted by atomic mass is 16.6. The van der Waals surface area contributed by atoms with Gasteiger partial charge >= 0.3 is 5.97 Å². The number of carbonyl (C=O) groups excluding carboxylic acids is 1. The Bertz CT molecular complexity index is 1130. The van der Waals surface area contributed by atoms with Gasteiger partial charge in [0.1, 0.15) is 0 Å². The predicted molar refractivity (Wildman–Crippen MR) is 114 cm³/mol. The number of aryl methyl sites for hydroxylation is 1. The fourth-order valence-corrected chi connectivity index (χ4v) is 3.03. The molecular weight excluding hydrogens is 394 g/mol. The summed E-state index contributed by atoms with van der Waals surface area (Å²) >= 11 is 0. The molecule has 0 unspecified atom stereocenters.